The molecule has 150 valence electrons. The summed E-state index contributed by atoms with van der Waals surface area (Å²) in [6.45, 7) is 7.04. The maximum atomic E-state index is 6.17. The number of nitrogens with zero attached hydrogens (tertiary/aromatic N) is 1. The molecule has 0 unspecified atom stereocenters. The van der Waals surface area contributed by atoms with Gasteiger partial charge in [0, 0.05) is 43.3 Å². The van der Waals surface area contributed by atoms with E-state index in [0.717, 1.165) is 69.7 Å². The number of benzene rings is 1. The van der Waals surface area contributed by atoms with Crippen LogP contribution in [0.25, 0.3) is 0 Å². The van der Waals surface area contributed by atoms with Gasteiger partial charge in [0.2, 0.25) is 0 Å². The average Bonchev–Trinajstić information content (AvgIpc) is 3.48. The number of guanidine groups is 1. The van der Waals surface area contributed by atoms with E-state index in [4.69, 9.17) is 26.1 Å². The number of aliphatic imine (C=N–C) groups is 1. The van der Waals surface area contributed by atoms with Gasteiger partial charge < -0.3 is 20.1 Å². The molecule has 0 radical (unpaired) electrons. The maximum Gasteiger partial charge on any atom is 0.191 e. The Hall–Kier alpha value is -1.30. The lowest BCUT2D eigenvalue weighted by Crippen LogP contribution is -2.38. The van der Waals surface area contributed by atoms with Crippen molar-refractivity contribution in [2.24, 2.45) is 4.99 Å². The fourth-order valence-corrected chi connectivity index (χ4v) is 3.64. The van der Waals surface area contributed by atoms with Gasteiger partial charge in [-0.25, -0.2) is 0 Å². The standard InChI is InChI=1S/C21H32ClN3O2/c1-2-23-20(24-11-4-12-27-19-7-13-26-14-8-19)25-16-21(9-10-21)17-5-3-6-18(22)15-17/h3,5-6,15,19H,2,4,7-14,16H2,1H3,(H2,23,24,25). The summed E-state index contributed by atoms with van der Waals surface area (Å²) >= 11 is 6.17. The highest BCUT2D eigenvalue weighted by molar-refractivity contribution is 6.30. The average molecular weight is 394 g/mol. The zero-order valence-electron chi connectivity index (χ0n) is 16.3. The largest absolute Gasteiger partial charge is 0.381 e. The molecule has 1 aliphatic carbocycles. The molecule has 1 aliphatic heterocycles. The molecule has 1 saturated heterocycles. The summed E-state index contributed by atoms with van der Waals surface area (Å²) in [5.41, 5.74) is 1.47. The molecule has 0 atom stereocenters. The number of hydrogen-bond acceptors (Lipinski definition) is 3. The quantitative estimate of drug-likeness (QED) is 0.383. The van der Waals surface area contributed by atoms with Gasteiger partial charge in [-0.05, 0) is 56.7 Å². The van der Waals surface area contributed by atoms with E-state index in [1.165, 1.54) is 18.4 Å². The Morgan fingerprint density at radius 3 is 2.81 bits per heavy atom. The summed E-state index contributed by atoms with van der Waals surface area (Å²) in [6.07, 6.45) is 5.73. The Bertz CT molecular complexity index is 613. The number of halogens is 1. The first-order chi connectivity index (χ1) is 13.2. The Morgan fingerprint density at radius 1 is 1.30 bits per heavy atom. The molecule has 1 aromatic carbocycles. The van der Waals surface area contributed by atoms with Gasteiger partial charge in [-0.2, -0.15) is 0 Å². The van der Waals surface area contributed by atoms with Crippen molar-refractivity contribution in [3.05, 3.63) is 34.9 Å². The van der Waals surface area contributed by atoms with Crippen molar-refractivity contribution >= 4 is 17.6 Å². The van der Waals surface area contributed by atoms with E-state index in [1.807, 2.05) is 12.1 Å². The molecule has 1 aromatic rings. The fourth-order valence-electron chi connectivity index (χ4n) is 3.45. The summed E-state index contributed by atoms with van der Waals surface area (Å²) < 4.78 is 11.3. The second-order valence-electron chi connectivity index (χ2n) is 7.45. The minimum Gasteiger partial charge on any atom is -0.381 e. The monoisotopic (exact) mass is 393 g/mol. The highest BCUT2D eigenvalue weighted by Crippen LogP contribution is 2.48. The normalized spacial score (nSPS) is 19.7. The van der Waals surface area contributed by atoms with Crippen LogP contribution in [0.3, 0.4) is 0 Å². The third-order valence-electron chi connectivity index (χ3n) is 5.31. The molecule has 1 heterocycles. The molecule has 1 saturated carbocycles. The highest BCUT2D eigenvalue weighted by Gasteiger charge is 2.44. The van der Waals surface area contributed by atoms with Crippen molar-refractivity contribution in [3.8, 4) is 0 Å². The van der Waals surface area contributed by atoms with Crippen LogP contribution >= 0.6 is 11.6 Å². The maximum absolute atomic E-state index is 6.17. The smallest absolute Gasteiger partial charge is 0.191 e. The van der Waals surface area contributed by atoms with Crippen LogP contribution in [0.4, 0.5) is 0 Å². The van der Waals surface area contributed by atoms with Crippen LogP contribution in [0.2, 0.25) is 5.02 Å². The van der Waals surface area contributed by atoms with Gasteiger partial charge in [0.05, 0.1) is 12.6 Å². The minimum atomic E-state index is 0.166. The first kappa shape index (κ1) is 20.4. The SMILES string of the molecule is CCNC(=NCC1(c2cccc(Cl)c2)CC1)NCCCOC1CCOCC1. The Kier molecular flexibility index (Phi) is 7.80. The van der Waals surface area contributed by atoms with Gasteiger partial charge in [-0.1, -0.05) is 23.7 Å². The summed E-state index contributed by atoms with van der Waals surface area (Å²) in [4.78, 5) is 4.84. The van der Waals surface area contributed by atoms with Gasteiger partial charge in [-0.15, -0.1) is 0 Å². The molecular formula is C21H32ClN3O2. The summed E-state index contributed by atoms with van der Waals surface area (Å²) in [5.74, 6) is 0.886. The second kappa shape index (κ2) is 10.3. The second-order valence-corrected chi connectivity index (χ2v) is 7.89. The predicted octanol–water partition coefficient (Wildman–Crippen LogP) is 3.51. The molecule has 0 amide bonds. The number of nitrogens with one attached hydrogen (secondary N) is 2. The number of ether oxygens (including phenoxy) is 2. The van der Waals surface area contributed by atoms with Gasteiger partial charge in [0.15, 0.2) is 5.96 Å². The predicted molar refractivity (Wildman–Crippen MR) is 111 cm³/mol. The van der Waals surface area contributed by atoms with Crippen LogP contribution in [-0.4, -0.2) is 51.5 Å². The molecule has 2 fully saturated rings. The molecule has 0 spiro atoms. The molecule has 27 heavy (non-hydrogen) atoms. The van der Waals surface area contributed by atoms with Crippen molar-refractivity contribution in [1.82, 2.24) is 10.6 Å². The summed E-state index contributed by atoms with van der Waals surface area (Å²) in [5, 5.41) is 7.57. The molecule has 2 N–H and O–H groups in total. The van der Waals surface area contributed by atoms with Crippen LogP contribution in [0, 0.1) is 0 Å². The minimum absolute atomic E-state index is 0.166. The third kappa shape index (κ3) is 6.37. The van der Waals surface area contributed by atoms with Gasteiger partial charge in [0.1, 0.15) is 0 Å². The van der Waals surface area contributed by atoms with Gasteiger partial charge >= 0.3 is 0 Å². The molecule has 3 rings (SSSR count). The van der Waals surface area contributed by atoms with E-state index in [1.54, 1.807) is 0 Å². The lowest BCUT2D eigenvalue weighted by atomic mass is 9.96. The number of rotatable bonds is 9. The van der Waals surface area contributed by atoms with Crippen molar-refractivity contribution < 1.29 is 9.47 Å². The molecule has 2 aliphatic rings. The van der Waals surface area contributed by atoms with E-state index in [9.17, 15) is 0 Å². The van der Waals surface area contributed by atoms with Crippen molar-refractivity contribution in [3.63, 3.8) is 0 Å². The fraction of sp³-hybridized carbons (Fsp3) is 0.667. The van der Waals surface area contributed by atoms with Crippen molar-refractivity contribution in [2.45, 2.75) is 50.5 Å². The molecule has 5 nitrogen and oxygen atoms in total. The Balaban J connectivity index is 1.42. The number of hydrogen-bond donors (Lipinski definition) is 2. The van der Waals surface area contributed by atoms with Crippen LogP contribution < -0.4 is 10.6 Å². The van der Waals surface area contributed by atoms with E-state index < -0.39 is 0 Å². The van der Waals surface area contributed by atoms with Crippen molar-refractivity contribution in [2.75, 3.05) is 39.5 Å². The topological polar surface area (TPSA) is 54.9 Å². The van der Waals surface area contributed by atoms with E-state index in [-0.39, 0.29) is 5.41 Å². The zero-order chi connectivity index (χ0) is 19.0. The highest BCUT2D eigenvalue weighted by atomic mass is 35.5. The Morgan fingerprint density at radius 2 is 2.11 bits per heavy atom. The van der Waals surface area contributed by atoms with Crippen LogP contribution in [0.15, 0.2) is 29.3 Å². The first-order valence-corrected chi connectivity index (χ1v) is 10.6. The van der Waals surface area contributed by atoms with Crippen LogP contribution in [0.5, 0.6) is 0 Å². The summed E-state index contributed by atoms with van der Waals surface area (Å²) in [6, 6.07) is 8.21. The van der Waals surface area contributed by atoms with E-state index in [0.29, 0.717) is 6.10 Å². The Labute approximate surface area is 167 Å². The van der Waals surface area contributed by atoms with Crippen LogP contribution in [0.1, 0.15) is 44.6 Å². The molecular weight excluding hydrogens is 362 g/mol. The van der Waals surface area contributed by atoms with E-state index >= 15 is 0 Å². The van der Waals surface area contributed by atoms with Gasteiger partial charge in [0.25, 0.3) is 0 Å². The zero-order valence-corrected chi connectivity index (χ0v) is 17.1. The molecule has 0 bridgehead atoms. The summed E-state index contributed by atoms with van der Waals surface area (Å²) in [7, 11) is 0. The van der Waals surface area contributed by atoms with Gasteiger partial charge in [-0.3, -0.25) is 4.99 Å². The van der Waals surface area contributed by atoms with Crippen LogP contribution in [-0.2, 0) is 14.9 Å². The lowest BCUT2D eigenvalue weighted by molar-refractivity contribution is -0.0320. The molecule has 6 heteroatoms. The third-order valence-corrected chi connectivity index (χ3v) is 5.55. The molecule has 0 aromatic heterocycles. The lowest BCUT2D eigenvalue weighted by Gasteiger charge is -2.22. The first-order valence-electron chi connectivity index (χ1n) is 10.2. The van der Waals surface area contributed by atoms with E-state index in [2.05, 4.69) is 29.7 Å². The van der Waals surface area contributed by atoms with Crippen molar-refractivity contribution in [1.29, 1.82) is 0 Å².